The molecule has 1 aromatic heterocycles. The van der Waals surface area contributed by atoms with Gasteiger partial charge in [-0.1, -0.05) is 25.6 Å². The van der Waals surface area contributed by atoms with Crippen LogP contribution in [0.3, 0.4) is 0 Å². The van der Waals surface area contributed by atoms with Gasteiger partial charge in [0.2, 0.25) is 5.91 Å². The van der Waals surface area contributed by atoms with Gasteiger partial charge in [0, 0.05) is 43.2 Å². The molecular formula is C16H25N3O3S2. The second-order valence-electron chi connectivity index (χ2n) is 6.55. The van der Waals surface area contributed by atoms with Gasteiger partial charge in [-0.15, -0.1) is 11.3 Å². The first-order valence-electron chi connectivity index (χ1n) is 8.16. The van der Waals surface area contributed by atoms with E-state index in [1.807, 2.05) is 4.90 Å². The van der Waals surface area contributed by atoms with Gasteiger partial charge in [-0.05, 0) is 19.4 Å². The Labute approximate surface area is 151 Å². The van der Waals surface area contributed by atoms with Gasteiger partial charge in [-0.3, -0.25) is 4.79 Å². The quantitative estimate of drug-likeness (QED) is 0.673. The number of rotatable bonds is 9. The van der Waals surface area contributed by atoms with E-state index in [2.05, 4.69) is 30.8 Å². The molecule has 0 radical (unpaired) electrons. The third-order valence-electron chi connectivity index (χ3n) is 3.91. The van der Waals surface area contributed by atoms with Crippen molar-refractivity contribution in [2.45, 2.75) is 37.1 Å². The zero-order valence-corrected chi connectivity index (χ0v) is 16.0. The fourth-order valence-corrected chi connectivity index (χ4v) is 4.81. The summed E-state index contributed by atoms with van der Waals surface area (Å²) in [7, 11) is 2.11. The smallest absolute Gasteiger partial charge is 0.355 e. The number of thiazole rings is 1. The number of nitrogens with zero attached hydrogens (tertiary/aromatic N) is 3. The van der Waals surface area contributed by atoms with Gasteiger partial charge >= 0.3 is 5.97 Å². The molecule has 1 N–H and O–H groups in total. The van der Waals surface area contributed by atoms with Crippen LogP contribution < -0.4 is 0 Å². The van der Waals surface area contributed by atoms with Gasteiger partial charge in [-0.2, -0.15) is 0 Å². The zero-order chi connectivity index (χ0) is 17.7. The third kappa shape index (κ3) is 5.46. The highest BCUT2D eigenvalue weighted by Crippen LogP contribution is 2.25. The molecule has 2 heterocycles. The summed E-state index contributed by atoms with van der Waals surface area (Å²) >= 11 is 2.85. The number of carbonyl (C=O) groups is 2. The van der Waals surface area contributed by atoms with Crippen molar-refractivity contribution in [3.8, 4) is 0 Å². The van der Waals surface area contributed by atoms with Gasteiger partial charge in [0.25, 0.3) is 0 Å². The molecule has 1 aromatic rings. The van der Waals surface area contributed by atoms with Crippen molar-refractivity contribution in [1.29, 1.82) is 0 Å². The SMILES string of the molecule is CC(C)CN(C)C[C@H]1CCC(=O)N1CCSc1nc(C(=O)O)cs1. The standard InChI is InChI=1S/C16H25N3O3S2/c1-11(2)8-18(3)9-12-4-5-14(20)19(12)6-7-23-16-17-13(10-24-16)15(21)22/h10-12H,4-9H2,1-3H3,(H,21,22)/t12-/m1/s1. The average molecular weight is 372 g/mol. The van der Waals surface area contributed by atoms with Gasteiger partial charge in [0.1, 0.15) is 0 Å². The molecule has 0 saturated carbocycles. The lowest BCUT2D eigenvalue weighted by Crippen LogP contribution is -2.42. The minimum Gasteiger partial charge on any atom is -0.476 e. The Kier molecular flexibility index (Phi) is 7.06. The van der Waals surface area contributed by atoms with Gasteiger partial charge in [0.15, 0.2) is 10.0 Å². The van der Waals surface area contributed by atoms with Crippen molar-refractivity contribution in [2.75, 3.05) is 32.4 Å². The first-order valence-corrected chi connectivity index (χ1v) is 10.0. The predicted molar refractivity (Wildman–Crippen MR) is 96.9 cm³/mol. The number of thioether (sulfide) groups is 1. The van der Waals surface area contributed by atoms with Crippen molar-refractivity contribution in [2.24, 2.45) is 5.92 Å². The molecule has 0 spiro atoms. The van der Waals surface area contributed by atoms with E-state index in [-0.39, 0.29) is 17.6 Å². The first kappa shape index (κ1) is 19.2. The molecule has 1 saturated heterocycles. The van der Waals surface area contributed by atoms with E-state index in [9.17, 15) is 9.59 Å². The Morgan fingerprint density at radius 1 is 1.58 bits per heavy atom. The molecule has 6 nitrogen and oxygen atoms in total. The molecule has 24 heavy (non-hydrogen) atoms. The van der Waals surface area contributed by atoms with Crippen molar-refractivity contribution < 1.29 is 14.7 Å². The number of likely N-dealkylation sites (tertiary alicyclic amines) is 1. The largest absolute Gasteiger partial charge is 0.476 e. The Balaban J connectivity index is 1.82. The highest BCUT2D eigenvalue weighted by atomic mass is 32.2. The lowest BCUT2D eigenvalue weighted by Gasteiger charge is -2.29. The van der Waals surface area contributed by atoms with Crippen LogP contribution in [0, 0.1) is 5.92 Å². The molecular weight excluding hydrogens is 346 g/mol. The molecule has 0 aromatic carbocycles. The molecule has 8 heteroatoms. The number of carboxylic acids is 1. The molecule has 1 fully saturated rings. The summed E-state index contributed by atoms with van der Waals surface area (Å²) in [5.74, 6) is 0.581. The van der Waals surface area contributed by atoms with Crippen LogP contribution in [0.4, 0.5) is 0 Å². The van der Waals surface area contributed by atoms with E-state index in [4.69, 9.17) is 5.11 Å². The summed E-state index contributed by atoms with van der Waals surface area (Å²) in [5, 5.41) is 10.4. The van der Waals surface area contributed by atoms with Crippen LogP contribution in [-0.4, -0.2) is 70.2 Å². The number of carbonyl (C=O) groups excluding carboxylic acids is 1. The maximum absolute atomic E-state index is 12.1. The fourth-order valence-electron chi connectivity index (χ4n) is 3.00. The topological polar surface area (TPSA) is 73.7 Å². The minimum absolute atomic E-state index is 0.0907. The minimum atomic E-state index is -0.999. The number of likely N-dealkylation sites (N-methyl/N-ethyl adjacent to an activating group) is 1. The van der Waals surface area contributed by atoms with Crippen molar-refractivity contribution in [3.63, 3.8) is 0 Å². The normalized spacial score (nSPS) is 18.1. The molecule has 1 aliphatic rings. The monoisotopic (exact) mass is 371 g/mol. The van der Waals surface area contributed by atoms with E-state index in [1.54, 1.807) is 5.38 Å². The first-order chi connectivity index (χ1) is 11.4. The molecule has 134 valence electrons. The molecule has 0 unspecified atom stereocenters. The highest BCUT2D eigenvalue weighted by molar-refractivity contribution is 8.01. The predicted octanol–water partition coefficient (Wildman–Crippen LogP) is 2.51. The molecule has 1 amide bonds. The van der Waals surface area contributed by atoms with Crippen molar-refractivity contribution >= 4 is 35.0 Å². The number of aromatic nitrogens is 1. The van der Waals surface area contributed by atoms with Crippen LogP contribution >= 0.6 is 23.1 Å². The summed E-state index contributed by atoms with van der Waals surface area (Å²) in [4.78, 5) is 31.3. The molecule has 2 rings (SSSR count). The number of amides is 1. The molecule has 1 aliphatic heterocycles. The number of hydrogen-bond acceptors (Lipinski definition) is 6. The Morgan fingerprint density at radius 2 is 2.33 bits per heavy atom. The van der Waals surface area contributed by atoms with E-state index >= 15 is 0 Å². The van der Waals surface area contributed by atoms with Crippen LogP contribution in [0.15, 0.2) is 9.72 Å². The van der Waals surface area contributed by atoms with Crippen LogP contribution in [0.2, 0.25) is 0 Å². The van der Waals surface area contributed by atoms with Crippen LogP contribution in [0.5, 0.6) is 0 Å². The Hall–Kier alpha value is -1.12. The highest BCUT2D eigenvalue weighted by Gasteiger charge is 2.31. The maximum Gasteiger partial charge on any atom is 0.355 e. The zero-order valence-electron chi connectivity index (χ0n) is 14.4. The Morgan fingerprint density at radius 3 is 2.96 bits per heavy atom. The van der Waals surface area contributed by atoms with Crippen LogP contribution in [0.1, 0.15) is 37.2 Å². The van der Waals surface area contributed by atoms with Gasteiger partial charge < -0.3 is 14.9 Å². The maximum atomic E-state index is 12.1. The molecule has 0 bridgehead atoms. The summed E-state index contributed by atoms with van der Waals surface area (Å²) in [6.07, 6.45) is 1.55. The van der Waals surface area contributed by atoms with Crippen LogP contribution in [0.25, 0.3) is 0 Å². The third-order valence-corrected chi connectivity index (χ3v) is 5.91. The number of aromatic carboxylic acids is 1. The van der Waals surface area contributed by atoms with Crippen molar-refractivity contribution in [1.82, 2.24) is 14.8 Å². The van der Waals surface area contributed by atoms with Gasteiger partial charge in [0.05, 0.1) is 0 Å². The summed E-state index contributed by atoms with van der Waals surface area (Å²) < 4.78 is 0.743. The molecule has 1 atom stereocenters. The summed E-state index contributed by atoms with van der Waals surface area (Å²) in [6, 6.07) is 0.285. The van der Waals surface area contributed by atoms with E-state index < -0.39 is 5.97 Å². The average Bonchev–Trinajstić information content (AvgIpc) is 3.08. The summed E-state index contributed by atoms with van der Waals surface area (Å²) in [5.41, 5.74) is 0.0907. The number of carboxylic acid groups (broad SMARTS) is 1. The van der Waals surface area contributed by atoms with Gasteiger partial charge in [-0.25, -0.2) is 9.78 Å². The Bertz CT molecular complexity index is 577. The van der Waals surface area contributed by atoms with Crippen LogP contribution in [-0.2, 0) is 4.79 Å². The van der Waals surface area contributed by atoms with Crippen molar-refractivity contribution in [3.05, 3.63) is 11.1 Å². The molecule has 0 aliphatic carbocycles. The number of hydrogen-bond donors (Lipinski definition) is 1. The second-order valence-corrected chi connectivity index (χ2v) is 8.75. The van der Waals surface area contributed by atoms with E-state index in [1.165, 1.54) is 23.1 Å². The second kappa shape index (κ2) is 8.82. The lowest BCUT2D eigenvalue weighted by molar-refractivity contribution is -0.128. The lowest BCUT2D eigenvalue weighted by atomic mass is 10.1. The van der Waals surface area contributed by atoms with E-state index in [0.29, 0.717) is 18.9 Å². The van der Waals surface area contributed by atoms with E-state index in [0.717, 1.165) is 29.6 Å². The fraction of sp³-hybridized carbons (Fsp3) is 0.688. The summed E-state index contributed by atoms with van der Waals surface area (Å²) in [6.45, 7) is 7.03.